The quantitative estimate of drug-likeness (QED) is 0.585. The molecule has 6 nitrogen and oxygen atoms in total. The lowest BCUT2D eigenvalue weighted by Crippen LogP contribution is -2.31. The fourth-order valence-electron chi connectivity index (χ4n) is 4.85. The second-order valence-electron chi connectivity index (χ2n) is 9.55. The topological polar surface area (TPSA) is 59.4 Å². The molecular weight excluding hydrogens is 424 g/mol. The summed E-state index contributed by atoms with van der Waals surface area (Å²) in [6, 6.07) is 6.03. The lowest BCUT2D eigenvalue weighted by Gasteiger charge is -2.25. The number of anilines is 1. The first-order valence-electron chi connectivity index (χ1n) is 12.5. The van der Waals surface area contributed by atoms with Gasteiger partial charge in [0.15, 0.2) is 0 Å². The fourth-order valence-corrected chi connectivity index (χ4v) is 4.85. The van der Waals surface area contributed by atoms with E-state index in [1.54, 1.807) is 0 Å². The Morgan fingerprint density at radius 3 is 2.88 bits per heavy atom. The van der Waals surface area contributed by atoms with Gasteiger partial charge < -0.3 is 10.1 Å². The van der Waals surface area contributed by atoms with Gasteiger partial charge in [0.25, 0.3) is 0 Å². The molecule has 0 radical (unpaired) electrons. The summed E-state index contributed by atoms with van der Waals surface area (Å²) in [5.41, 5.74) is 7.37. The zero-order chi connectivity index (χ0) is 23.3. The molecule has 1 amide bonds. The lowest BCUT2D eigenvalue weighted by atomic mass is 10.0. The van der Waals surface area contributed by atoms with Gasteiger partial charge in [-0.05, 0) is 63.3 Å². The molecule has 2 aromatic rings. The molecule has 1 aliphatic carbocycles. The van der Waals surface area contributed by atoms with Gasteiger partial charge in [-0.1, -0.05) is 29.9 Å². The molecule has 0 bridgehead atoms. The first kappa shape index (κ1) is 22.7. The molecule has 0 fully saturated rings. The van der Waals surface area contributed by atoms with Crippen LogP contribution in [0.5, 0.6) is 5.75 Å². The number of carbonyl (C=O) groups is 1. The third-order valence-electron chi connectivity index (χ3n) is 6.90. The van der Waals surface area contributed by atoms with E-state index in [2.05, 4.69) is 58.4 Å². The summed E-state index contributed by atoms with van der Waals surface area (Å²) in [5.74, 6) is 0.922. The zero-order valence-electron chi connectivity index (χ0n) is 20.1. The molecule has 1 aromatic carbocycles. The van der Waals surface area contributed by atoms with Crippen molar-refractivity contribution in [3.63, 3.8) is 0 Å². The highest BCUT2D eigenvalue weighted by Gasteiger charge is 2.20. The molecule has 0 atom stereocenters. The number of benzene rings is 1. The molecule has 34 heavy (non-hydrogen) atoms. The van der Waals surface area contributed by atoms with Gasteiger partial charge in [0.1, 0.15) is 5.75 Å². The Balaban J connectivity index is 1.08. The highest BCUT2D eigenvalue weighted by atomic mass is 16.5. The number of ether oxygens (including phenoxy) is 1. The molecule has 0 saturated heterocycles. The summed E-state index contributed by atoms with van der Waals surface area (Å²) >= 11 is 0. The van der Waals surface area contributed by atoms with Crippen LogP contribution < -0.4 is 10.1 Å². The van der Waals surface area contributed by atoms with E-state index in [1.807, 2.05) is 12.1 Å². The standard InChI is InChI=1S/C28H34N4O2/c1-21-6-2-3-7-24(11-8-21)32-20-23-19-31(16-14-26(23)30-32)15-4-5-17-34-25-12-9-22-10-13-28(33)29-27(22)18-25/h2-3,6-7,9,12,18,20H,4-5,8,10-11,13-17,19H2,1H3,(H,29,33). The number of aryl methyl sites for hydroxylation is 1. The number of hydrogen-bond donors (Lipinski definition) is 1. The van der Waals surface area contributed by atoms with Crippen LogP contribution in [0.25, 0.3) is 5.70 Å². The third-order valence-corrected chi connectivity index (χ3v) is 6.90. The van der Waals surface area contributed by atoms with E-state index in [9.17, 15) is 4.79 Å². The number of aromatic nitrogens is 2. The maximum absolute atomic E-state index is 11.6. The lowest BCUT2D eigenvalue weighted by molar-refractivity contribution is -0.116. The second-order valence-corrected chi connectivity index (χ2v) is 9.55. The van der Waals surface area contributed by atoms with E-state index in [0.717, 1.165) is 69.6 Å². The Morgan fingerprint density at radius 2 is 1.94 bits per heavy atom. The minimum Gasteiger partial charge on any atom is -0.494 e. The van der Waals surface area contributed by atoms with Crippen LogP contribution in [0.2, 0.25) is 0 Å². The van der Waals surface area contributed by atoms with Crippen LogP contribution in [-0.2, 0) is 24.2 Å². The molecule has 1 aromatic heterocycles. The highest BCUT2D eigenvalue weighted by molar-refractivity contribution is 5.94. The van der Waals surface area contributed by atoms with Crippen LogP contribution in [0.15, 0.2) is 54.3 Å². The molecule has 5 rings (SSSR count). The molecule has 3 aliphatic rings. The zero-order valence-corrected chi connectivity index (χ0v) is 20.1. The predicted octanol–water partition coefficient (Wildman–Crippen LogP) is 5.12. The van der Waals surface area contributed by atoms with Crippen LogP contribution in [0.1, 0.15) is 55.8 Å². The normalized spacial score (nSPS) is 18.2. The number of nitrogens with zero attached hydrogens (tertiary/aromatic N) is 3. The van der Waals surface area contributed by atoms with E-state index in [-0.39, 0.29) is 5.91 Å². The second kappa shape index (κ2) is 10.4. The van der Waals surface area contributed by atoms with Gasteiger partial charge in [-0.15, -0.1) is 0 Å². The van der Waals surface area contributed by atoms with Gasteiger partial charge >= 0.3 is 0 Å². The van der Waals surface area contributed by atoms with Crippen molar-refractivity contribution in [2.45, 2.75) is 58.4 Å². The van der Waals surface area contributed by atoms with Gasteiger partial charge in [0, 0.05) is 55.1 Å². The molecule has 0 saturated carbocycles. The molecule has 6 heteroatoms. The highest BCUT2D eigenvalue weighted by Crippen LogP contribution is 2.27. The van der Waals surface area contributed by atoms with Crippen LogP contribution in [-0.4, -0.2) is 40.3 Å². The van der Waals surface area contributed by atoms with E-state index in [0.29, 0.717) is 13.0 Å². The first-order chi connectivity index (χ1) is 16.6. The molecular formula is C28H34N4O2. The summed E-state index contributed by atoms with van der Waals surface area (Å²) in [4.78, 5) is 14.1. The Kier molecular flexibility index (Phi) is 6.95. The Labute approximate surface area is 202 Å². The molecule has 1 N–H and O–H groups in total. The van der Waals surface area contributed by atoms with Crippen molar-refractivity contribution in [3.05, 3.63) is 71.1 Å². The Hall–Kier alpha value is -3.12. The third kappa shape index (κ3) is 5.50. The van der Waals surface area contributed by atoms with Gasteiger partial charge in [-0.2, -0.15) is 5.10 Å². The van der Waals surface area contributed by atoms with Crippen LogP contribution >= 0.6 is 0 Å². The summed E-state index contributed by atoms with van der Waals surface area (Å²) in [5, 5.41) is 7.85. The maximum Gasteiger partial charge on any atom is 0.224 e. The molecule has 0 spiro atoms. The maximum atomic E-state index is 11.6. The van der Waals surface area contributed by atoms with Gasteiger partial charge in [0.05, 0.1) is 12.3 Å². The van der Waals surface area contributed by atoms with Crippen molar-refractivity contribution >= 4 is 17.3 Å². The van der Waals surface area contributed by atoms with Crippen molar-refractivity contribution in [1.29, 1.82) is 0 Å². The van der Waals surface area contributed by atoms with Crippen molar-refractivity contribution < 1.29 is 9.53 Å². The summed E-state index contributed by atoms with van der Waals surface area (Å²) < 4.78 is 8.05. The van der Waals surface area contributed by atoms with Gasteiger partial charge in [-0.3, -0.25) is 9.69 Å². The van der Waals surface area contributed by atoms with E-state index in [4.69, 9.17) is 9.84 Å². The molecule has 2 aliphatic heterocycles. The van der Waals surface area contributed by atoms with Crippen molar-refractivity contribution in [3.8, 4) is 5.75 Å². The monoisotopic (exact) mass is 458 g/mol. The molecule has 178 valence electrons. The Bertz CT molecular complexity index is 1140. The smallest absolute Gasteiger partial charge is 0.224 e. The van der Waals surface area contributed by atoms with Crippen molar-refractivity contribution in [2.24, 2.45) is 0 Å². The molecule has 0 unspecified atom stereocenters. The minimum absolute atomic E-state index is 0.0883. The first-order valence-corrected chi connectivity index (χ1v) is 12.5. The van der Waals surface area contributed by atoms with Crippen molar-refractivity contribution in [1.82, 2.24) is 14.7 Å². The average molecular weight is 459 g/mol. The number of amides is 1. The fraction of sp³-hybridized carbons (Fsp3) is 0.429. The van der Waals surface area contributed by atoms with Gasteiger partial charge in [-0.25, -0.2) is 4.68 Å². The SMILES string of the molecule is CC1=CC=CC=C(n2cc3c(n2)CCN(CCCCOc2ccc4c(c2)NC(=O)CC4)C3)CC1. The summed E-state index contributed by atoms with van der Waals surface area (Å²) in [7, 11) is 0. The molecule has 3 heterocycles. The predicted molar refractivity (Wildman–Crippen MR) is 136 cm³/mol. The van der Waals surface area contributed by atoms with E-state index >= 15 is 0 Å². The van der Waals surface area contributed by atoms with E-state index < -0.39 is 0 Å². The van der Waals surface area contributed by atoms with Crippen LogP contribution in [0.3, 0.4) is 0 Å². The largest absolute Gasteiger partial charge is 0.494 e. The van der Waals surface area contributed by atoms with Crippen LogP contribution in [0, 0.1) is 0 Å². The number of carbonyl (C=O) groups excluding carboxylic acids is 1. The summed E-state index contributed by atoms with van der Waals surface area (Å²) in [6.45, 7) is 6.00. The minimum atomic E-state index is 0.0883. The number of hydrogen-bond acceptors (Lipinski definition) is 4. The Morgan fingerprint density at radius 1 is 1.03 bits per heavy atom. The average Bonchev–Trinajstić information content (AvgIpc) is 3.24. The number of fused-ring (bicyclic) bond motifs is 2. The van der Waals surface area contributed by atoms with E-state index in [1.165, 1.54) is 28.1 Å². The number of nitrogens with one attached hydrogen (secondary N) is 1. The summed E-state index contributed by atoms with van der Waals surface area (Å²) in [6.07, 6.45) is 17.5. The number of rotatable bonds is 7. The number of unbranched alkanes of at least 4 members (excludes halogenated alkanes) is 1. The van der Waals surface area contributed by atoms with Crippen LogP contribution in [0.4, 0.5) is 5.69 Å². The van der Waals surface area contributed by atoms with Gasteiger partial charge in [0.2, 0.25) is 5.91 Å². The van der Waals surface area contributed by atoms with Crippen molar-refractivity contribution in [2.75, 3.05) is 25.0 Å². The number of allylic oxidation sites excluding steroid dienone is 6.